The van der Waals surface area contributed by atoms with E-state index in [1.807, 2.05) is 0 Å². The average Bonchev–Trinajstić information content (AvgIpc) is 2.41. The predicted octanol–water partition coefficient (Wildman–Crippen LogP) is 3.90. The Morgan fingerprint density at radius 1 is 0.952 bits per heavy atom. The Labute approximate surface area is 132 Å². The van der Waals surface area contributed by atoms with Crippen molar-refractivity contribution in [3.8, 4) is 0 Å². The Balaban J connectivity index is 1.33. The van der Waals surface area contributed by atoms with Crippen molar-refractivity contribution in [1.29, 1.82) is 0 Å². The van der Waals surface area contributed by atoms with Gasteiger partial charge < -0.3 is 10.2 Å². The molecule has 3 nitrogen and oxygen atoms in total. The molecular formula is C17H27ClN2O. The van der Waals surface area contributed by atoms with Gasteiger partial charge in [-0.15, -0.1) is 11.6 Å². The van der Waals surface area contributed by atoms with E-state index in [2.05, 4.69) is 10.2 Å². The minimum Gasteiger partial charge on any atom is -0.335 e. The second-order valence-corrected chi connectivity index (χ2v) is 8.27. The molecule has 2 heterocycles. The van der Waals surface area contributed by atoms with E-state index in [1.165, 1.54) is 44.9 Å². The summed E-state index contributed by atoms with van der Waals surface area (Å²) in [4.78, 5) is 14.7. The normalized spacial score (nSPS) is 42.9. The number of alkyl halides is 1. The Kier molecular flexibility index (Phi) is 3.81. The van der Waals surface area contributed by atoms with Crippen molar-refractivity contribution in [3.63, 3.8) is 0 Å². The number of carbonyl (C=O) groups excluding carboxylic acids is 1. The third-order valence-corrected chi connectivity index (χ3v) is 7.08. The molecule has 0 aromatic rings. The number of nitrogens with one attached hydrogen (secondary N) is 1. The molecule has 2 aliphatic carbocycles. The van der Waals surface area contributed by atoms with Crippen LogP contribution in [0, 0.1) is 11.8 Å². The number of carbonyl (C=O) groups is 1. The van der Waals surface area contributed by atoms with Gasteiger partial charge in [-0.05, 0) is 56.8 Å². The van der Waals surface area contributed by atoms with Crippen LogP contribution in [0.1, 0.15) is 64.2 Å². The summed E-state index contributed by atoms with van der Waals surface area (Å²) in [5.41, 5.74) is 0. The van der Waals surface area contributed by atoms with E-state index in [4.69, 9.17) is 11.6 Å². The van der Waals surface area contributed by atoms with E-state index in [0.717, 1.165) is 25.2 Å². The molecule has 4 aliphatic rings. The molecule has 0 aromatic heterocycles. The Bertz CT molecular complexity index is 396. The standard InChI is InChI=1S/C17H27ClN2O/c18-16-8-7-12(9-15(16)11-3-1-4-11)19-17(21)20-13-5-2-6-14(20)10-13/h11-16H,1-10H2,(H,19,21). The molecule has 1 N–H and O–H groups in total. The summed E-state index contributed by atoms with van der Waals surface area (Å²) in [5, 5.41) is 3.67. The van der Waals surface area contributed by atoms with Crippen LogP contribution in [0.5, 0.6) is 0 Å². The maximum absolute atomic E-state index is 12.5. The van der Waals surface area contributed by atoms with E-state index in [9.17, 15) is 4.79 Å². The van der Waals surface area contributed by atoms with Gasteiger partial charge in [0, 0.05) is 23.5 Å². The third kappa shape index (κ3) is 2.56. The van der Waals surface area contributed by atoms with Crippen LogP contribution in [0.2, 0.25) is 0 Å². The lowest BCUT2D eigenvalue weighted by Crippen LogP contribution is -2.64. The zero-order valence-electron chi connectivity index (χ0n) is 12.8. The first-order valence-corrected chi connectivity index (χ1v) is 9.39. The lowest BCUT2D eigenvalue weighted by Gasteiger charge is -2.53. The molecule has 2 bridgehead atoms. The number of rotatable bonds is 2. The average molecular weight is 311 g/mol. The van der Waals surface area contributed by atoms with Crippen molar-refractivity contribution < 1.29 is 4.79 Å². The maximum Gasteiger partial charge on any atom is 0.318 e. The van der Waals surface area contributed by atoms with Gasteiger partial charge in [0.05, 0.1) is 0 Å². The summed E-state index contributed by atoms with van der Waals surface area (Å²) in [6.07, 6.45) is 12.3. The van der Waals surface area contributed by atoms with Gasteiger partial charge in [-0.2, -0.15) is 0 Å². The molecule has 2 aliphatic heterocycles. The zero-order valence-corrected chi connectivity index (χ0v) is 13.5. The second kappa shape index (κ2) is 5.64. The molecule has 2 amide bonds. The number of amides is 2. The van der Waals surface area contributed by atoms with Crippen LogP contribution in [0.3, 0.4) is 0 Å². The van der Waals surface area contributed by atoms with E-state index in [1.54, 1.807) is 0 Å². The fraction of sp³-hybridized carbons (Fsp3) is 0.941. The highest BCUT2D eigenvalue weighted by Gasteiger charge is 2.45. The molecule has 21 heavy (non-hydrogen) atoms. The van der Waals surface area contributed by atoms with Crippen molar-refractivity contribution in [2.75, 3.05) is 0 Å². The number of fused-ring (bicyclic) bond motifs is 2. The van der Waals surface area contributed by atoms with Crippen LogP contribution in [0.4, 0.5) is 4.79 Å². The zero-order chi connectivity index (χ0) is 14.4. The molecule has 4 heteroatoms. The van der Waals surface area contributed by atoms with Gasteiger partial charge in [-0.1, -0.05) is 19.3 Å². The number of urea groups is 1. The minimum atomic E-state index is 0.210. The van der Waals surface area contributed by atoms with Gasteiger partial charge in [-0.25, -0.2) is 4.79 Å². The molecule has 2 saturated carbocycles. The number of halogens is 1. The highest BCUT2D eigenvalue weighted by Crippen LogP contribution is 2.43. The Morgan fingerprint density at radius 2 is 1.67 bits per heavy atom. The highest BCUT2D eigenvalue weighted by atomic mass is 35.5. The van der Waals surface area contributed by atoms with Crippen LogP contribution >= 0.6 is 11.6 Å². The van der Waals surface area contributed by atoms with Gasteiger partial charge in [0.2, 0.25) is 0 Å². The van der Waals surface area contributed by atoms with E-state index < -0.39 is 0 Å². The lowest BCUT2D eigenvalue weighted by molar-refractivity contribution is 0.00875. The summed E-state index contributed by atoms with van der Waals surface area (Å²) >= 11 is 6.55. The first-order chi connectivity index (χ1) is 10.2. The van der Waals surface area contributed by atoms with E-state index in [-0.39, 0.29) is 6.03 Å². The first-order valence-electron chi connectivity index (χ1n) is 8.95. The SMILES string of the molecule is O=C(NC1CCC(Cl)C(C2CCC2)C1)N1C2CCCC1C2. The molecule has 4 fully saturated rings. The molecule has 5 atom stereocenters. The van der Waals surface area contributed by atoms with Crippen molar-refractivity contribution in [2.24, 2.45) is 11.8 Å². The summed E-state index contributed by atoms with van der Waals surface area (Å²) in [5.74, 6) is 1.46. The lowest BCUT2D eigenvalue weighted by atomic mass is 9.69. The second-order valence-electron chi connectivity index (χ2n) is 7.71. The molecule has 2 saturated heterocycles. The number of hydrogen-bond donors (Lipinski definition) is 1. The molecule has 4 rings (SSSR count). The number of nitrogens with zero attached hydrogens (tertiary/aromatic N) is 1. The van der Waals surface area contributed by atoms with Crippen LogP contribution in [-0.4, -0.2) is 34.4 Å². The van der Waals surface area contributed by atoms with Gasteiger partial charge >= 0.3 is 6.03 Å². The molecule has 118 valence electrons. The fourth-order valence-electron chi connectivity index (χ4n) is 5.04. The van der Waals surface area contributed by atoms with Crippen LogP contribution in [-0.2, 0) is 0 Å². The maximum atomic E-state index is 12.5. The third-order valence-electron chi connectivity index (χ3n) is 6.54. The van der Waals surface area contributed by atoms with Crippen LogP contribution in [0.15, 0.2) is 0 Å². The predicted molar refractivity (Wildman–Crippen MR) is 84.5 cm³/mol. The largest absolute Gasteiger partial charge is 0.335 e. The Morgan fingerprint density at radius 3 is 2.29 bits per heavy atom. The van der Waals surface area contributed by atoms with E-state index in [0.29, 0.717) is 29.4 Å². The molecule has 0 aromatic carbocycles. The quantitative estimate of drug-likeness (QED) is 0.771. The minimum absolute atomic E-state index is 0.210. The monoisotopic (exact) mass is 310 g/mol. The van der Waals surface area contributed by atoms with Crippen molar-refractivity contribution >= 4 is 17.6 Å². The molecule has 0 spiro atoms. The van der Waals surface area contributed by atoms with Gasteiger partial charge in [0.15, 0.2) is 0 Å². The first kappa shape index (κ1) is 14.2. The van der Waals surface area contributed by atoms with Crippen molar-refractivity contribution in [1.82, 2.24) is 10.2 Å². The van der Waals surface area contributed by atoms with Gasteiger partial charge in [0.1, 0.15) is 0 Å². The van der Waals surface area contributed by atoms with Crippen LogP contribution < -0.4 is 5.32 Å². The molecule has 0 radical (unpaired) electrons. The van der Waals surface area contributed by atoms with Crippen molar-refractivity contribution in [3.05, 3.63) is 0 Å². The molecular weight excluding hydrogens is 284 g/mol. The fourth-order valence-corrected chi connectivity index (χ4v) is 5.48. The van der Waals surface area contributed by atoms with Gasteiger partial charge in [-0.3, -0.25) is 0 Å². The Hall–Kier alpha value is -0.440. The van der Waals surface area contributed by atoms with E-state index >= 15 is 0 Å². The summed E-state index contributed by atoms with van der Waals surface area (Å²) in [6.45, 7) is 0. The number of piperidine rings is 1. The van der Waals surface area contributed by atoms with Crippen molar-refractivity contribution in [2.45, 2.75) is 87.7 Å². The molecule has 5 unspecified atom stereocenters. The topological polar surface area (TPSA) is 32.3 Å². The van der Waals surface area contributed by atoms with Crippen LogP contribution in [0.25, 0.3) is 0 Å². The highest BCUT2D eigenvalue weighted by molar-refractivity contribution is 6.20. The smallest absolute Gasteiger partial charge is 0.318 e. The summed E-state index contributed by atoms with van der Waals surface area (Å²) in [7, 11) is 0. The summed E-state index contributed by atoms with van der Waals surface area (Å²) in [6, 6.07) is 1.65. The van der Waals surface area contributed by atoms with Gasteiger partial charge in [0.25, 0.3) is 0 Å². The number of hydrogen-bond acceptors (Lipinski definition) is 1. The summed E-state index contributed by atoms with van der Waals surface area (Å²) < 4.78 is 0.